The molecule has 1 fully saturated rings. The van der Waals surface area contributed by atoms with Gasteiger partial charge >= 0.3 is 6.03 Å². The van der Waals surface area contributed by atoms with Gasteiger partial charge in [-0.25, -0.2) is 9.18 Å². The van der Waals surface area contributed by atoms with Crippen molar-refractivity contribution in [2.45, 2.75) is 11.4 Å². The molecule has 4 nitrogen and oxygen atoms in total. The zero-order valence-corrected chi connectivity index (χ0v) is 12.0. The first-order chi connectivity index (χ1) is 10.1. The Balaban J connectivity index is 1.74. The van der Waals surface area contributed by atoms with E-state index in [1.54, 1.807) is 23.9 Å². The molecule has 0 bridgehead atoms. The first-order valence-corrected chi connectivity index (χ1v) is 7.49. The quantitative estimate of drug-likeness (QED) is 0.652. The summed E-state index contributed by atoms with van der Waals surface area (Å²) < 4.78 is 12.8. The van der Waals surface area contributed by atoms with Gasteiger partial charge in [-0.1, -0.05) is 17.9 Å². The van der Waals surface area contributed by atoms with Gasteiger partial charge in [-0.15, -0.1) is 11.8 Å². The molecule has 1 atom stereocenters. The van der Waals surface area contributed by atoms with Gasteiger partial charge in [0.2, 0.25) is 0 Å². The molecule has 2 heterocycles. The highest BCUT2D eigenvalue weighted by atomic mass is 32.2. The van der Waals surface area contributed by atoms with Crippen molar-refractivity contribution in [3.8, 4) is 11.8 Å². The molecular formula is C15H14FN3OS. The zero-order chi connectivity index (χ0) is 14.8. The number of anilines is 2. The predicted molar refractivity (Wildman–Crippen MR) is 83.6 cm³/mol. The van der Waals surface area contributed by atoms with E-state index in [9.17, 15) is 9.18 Å². The van der Waals surface area contributed by atoms with Gasteiger partial charge in [-0.3, -0.25) is 0 Å². The SMILES string of the molecule is Nc1ccc([C@@H]2C#CC=CS2)cc1NC(=O)N1CC(F)C1. The highest BCUT2D eigenvalue weighted by molar-refractivity contribution is 8.02. The van der Waals surface area contributed by atoms with E-state index in [4.69, 9.17) is 5.73 Å². The molecule has 21 heavy (non-hydrogen) atoms. The summed E-state index contributed by atoms with van der Waals surface area (Å²) >= 11 is 1.60. The Kier molecular flexibility index (Phi) is 3.76. The Hall–Kier alpha value is -2.13. The van der Waals surface area contributed by atoms with E-state index in [-0.39, 0.29) is 24.4 Å². The van der Waals surface area contributed by atoms with Gasteiger partial charge in [-0.05, 0) is 29.2 Å². The minimum Gasteiger partial charge on any atom is -0.397 e. The second-order valence-corrected chi connectivity index (χ2v) is 5.90. The van der Waals surface area contributed by atoms with Crippen LogP contribution in [0.25, 0.3) is 0 Å². The Bertz CT molecular complexity index is 659. The van der Waals surface area contributed by atoms with E-state index in [0.29, 0.717) is 11.4 Å². The topological polar surface area (TPSA) is 58.4 Å². The van der Waals surface area contributed by atoms with Crippen molar-refractivity contribution in [1.82, 2.24) is 4.90 Å². The number of amides is 2. The van der Waals surface area contributed by atoms with E-state index in [2.05, 4.69) is 17.2 Å². The largest absolute Gasteiger partial charge is 0.397 e. The van der Waals surface area contributed by atoms with Crippen LogP contribution in [0.3, 0.4) is 0 Å². The molecule has 0 aliphatic carbocycles. The molecule has 1 aromatic carbocycles. The second-order valence-electron chi connectivity index (χ2n) is 4.89. The molecular weight excluding hydrogens is 289 g/mol. The average Bonchev–Trinajstić information content (AvgIpc) is 2.47. The molecule has 0 unspecified atom stereocenters. The third kappa shape index (κ3) is 2.98. The minimum atomic E-state index is -0.917. The van der Waals surface area contributed by atoms with Gasteiger partial charge in [0.1, 0.15) is 6.17 Å². The van der Waals surface area contributed by atoms with Crippen molar-refractivity contribution in [1.29, 1.82) is 0 Å². The first-order valence-electron chi connectivity index (χ1n) is 6.54. The molecule has 2 aliphatic rings. The van der Waals surface area contributed by atoms with Crippen LogP contribution in [-0.2, 0) is 0 Å². The molecule has 1 aromatic rings. The van der Waals surface area contributed by atoms with Gasteiger partial charge < -0.3 is 16.0 Å². The minimum absolute atomic E-state index is 0.0329. The van der Waals surface area contributed by atoms with E-state index < -0.39 is 6.17 Å². The average molecular weight is 303 g/mol. The number of halogens is 1. The number of rotatable bonds is 2. The van der Waals surface area contributed by atoms with Gasteiger partial charge in [0.15, 0.2) is 0 Å². The summed E-state index contributed by atoms with van der Waals surface area (Å²) in [5.74, 6) is 6.03. The number of alkyl halides is 1. The highest BCUT2D eigenvalue weighted by Crippen LogP contribution is 2.34. The van der Waals surface area contributed by atoms with Crippen LogP contribution in [0.2, 0.25) is 0 Å². The van der Waals surface area contributed by atoms with Crippen LogP contribution in [0.4, 0.5) is 20.6 Å². The van der Waals surface area contributed by atoms with E-state index in [0.717, 1.165) is 5.56 Å². The molecule has 2 amide bonds. The predicted octanol–water partition coefficient (Wildman–Crippen LogP) is 2.76. The first kappa shape index (κ1) is 13.8. The molecule has 2 aliphatic heterocycles. The van der Waals surface area contributed by atoms with Gasteiger partial charge in [0, 0.05) is 0 Å². The van der Waals surface area contributed by atoms with E-state index >= 15 is 0 Å². The van der Waals surface area contributed by atoms with Crippen molar-refractivity contribution < 1.29 is 9.18 Å². The summed E-state index contributed by atoms with van der Waals surface area (Å²) in [4.78, 5) is 13.3. The second kappa shape index (κ2) is 5.70. The van der Waals surface area contributed by atoms with Gasteiger partial charge in [0.25, 0.3) is 0 Å². The molecule has 0 spiro atoms. The lowest BCUT2D eigenvalue weighted by Crippen LogP contribution is -2.53. The summed E-state index contributed by atoms with van der Waals surface area (Å²) in [5.41, 5.74) is 7.89. The number of carbonyl (C=O) groups excluding carboxylic acids is 1. The number of nitrogen functional groups attached to an aromatic ring is 1. The molecule has 0 aromatic heterocycles. The van der Waals surface area contributed by atoms with Crippen molar-refractivity contribution in [3.63, 3.8) is 0 Å². The monoisotopic (exact) mass is 303 g/mol. The Morgan fingerprint density at radius 1 is 1.48 bits per heavy atom. The number of allylic oxidation sites excluding steroid dienone is 1. The smallest absolute Gasteiger partial charge is 0.322 e. The number of nitrogens with one attached hydrogen (secondary N) is 1. The van der Waals surface area contributed by atoms with Crippen LogP contribution < -0.4 is 11.1 Å². The lowest BCUT2D eigenvalue weighted by Gasteiger charge is -2.34. The normalized spacial score (nSPS) is 20.4. The molecule has 1 saturated heterocycles. The highest BCUT2D eigenvalue weighted by Gasteiger charge is 2.30. The maximum Gasteiger partial charge on any atom is 0.322 e. The Morgan fingerprint density at radius 2 is 2.29 bits per heavy atom. The van der Waals surface area contributed by atoms with Crippen molar-refractivity contribution in [3.05, 3.63) is 35.2 Å². The molecule has 3 rings (SSSR count). The number of carbonyl (C=O) groups is 1. The molecule has 6 heteroatoms. The summed E-state index contributed by atoms with van der Waals surface area (Å²) in [6.45, 7) is 0.278. The number of hydrogen-bond acceptors (Lipinski definition) is 3. The van der Waals surface area contributed by atoms with Gasteiger partial charge in [0.05, 0.1) is 29.7 Å². The van der Waals surface area contributed by atoms with E-state index in [1.807, 2.05) is 17.5 Å². The fraction of sp³-hybridized carbons (Fsp3) is 0.267. The van der Waals surface area contributed by atoms with Crippen LogP contribution >= 0.6 is 11.8 Å². The number of thioether (sulfide) groups is 1. The summed E-state index contributed by atoms with van der Waals surface area (Å²) in [5, 5.41) is 4.71. The van der Waals surface area contributed by atoms with Crippen LogP contribution in [0.15, 0.2) is 29.7 Å². The van der Waals surface area contributed by atoms with Crippen LogP contribution in [0.5, 0.6) is 0 Å². The fourth-order valence-electron chi connectivity index (χ4n) is 2.10. The van der Waals surface area contributed by atoms with Crippen LogP contribution in [-0.4, -0.2) is 30.2 Å². The summed E-state index contributed by atoms with van der Waals surface area (Å²) in [6.07, 6.45) is 0.887. The van der Waals surface area contributed by atoms with Crippen LogP contribution in [0.1, 0.15) is 10.8 Å². The number of likely N-dealkylation sites (tertiary alicyclic amines) is 1. The maximum atomic E-state index is 12.8. The van der Waals surface area contributed by atoms with Crippen LogP contribution in [0, 0.1) is 11.8 Å². The molecule has 0 radical (unpaired) electrons. The summed E-state index contributed by atoms with van der Waals surface area (Å²) in [7, 11) is 0. The lowest BCUT2D eigenvalue weighted by atomic mass is 10.1. The third-order valence-corrected chi connectivity index (χ3v) is 4.28. The molecule has 0 saturated carbocycles. The fourth-order valence-corrected chi connectivity index (χ4v) is 2.85. The number of urea groups is 1. The van der Waals surface area contributed by atoms with E-state index in [1.165, 1.54) is 4.90 Å². The van der Waals surface area contributed by atoms with Crippen molar-refractivity contribution in [2.24, 2.45) is 0 Å². The Morgan fingerprint density at radius 3 is 2.95 bits per heavy atom. The lowest BCUT2D eigenvalue weighted by molar-refractivity contribution is 0.0974. The van der Waals surface area contributed by atoms with Crippen molar-refractivity contribution in [2.75, 3.05) is 24.1 Å². The standard InChI is InChI=1S/C15H14FN3OS/c16-11-8-19(9-11)15(20)18-13-7-10(4-5-12(13)17)14-3-1-2-6-21-14/h2,4-7,11,14H,8-9,17H2,(H,18,20)/t14-/m0/s1. The summed E-state index contributed by atoms with van der Waals surface area (Å²) in [6, 6.07) is 5.15. The van der Waals surface area contributed by atoms with Crippen molar-refractivity contribution >= 4 is 29.2 Å². The molecule has 3 N–H and O–H groups in total. The number of nitrogens with zero attached hydrogens (tertiary/aromatic N) is 1. The van der Waals surface area contributed by atoms with Gasteiger partial charge in [-0.2, -0.15) is 0 Å². The third-order valence-electron chi connectivity index (χ3n) is 3.33. The number of nitrogens with two attached hydrogens (primary N) is 1. The number of benzene rings is 1. The maximum absolute atomic E-state index is 12.8. The zero-order valence-electron chi connectivity index (χ0n) is 11.2. The number of hydrogen-bond donors (Lipinski definition) is 2. The Labute approximate surface area is 126 Å². The molecule has 108 valence electrons.